The zero-order valence-corrected chi connectivity index (χ0v) is 5.11. The summed E-state index contributed by atoms with van der Waals surface area (Å²) >= 11 is 0. The van der Waals surface area contributed by atoms with Gasteiger partial charge >= 0.3 is 0 Å². The Morgan fingerprint density at radius 2 is 2.62 bits per heavy atom. The first-order valence-electron chi connectivity index (χ1n) is 2.85. The van der Waals surface area contributed by atoms with Gasteiger partial charge in [-0.15, -0.1) is 5.73 Å². The van der Waals surface area contributed by atoms with Crippen LogP contribution in [0.15, 0.2) is 17.9 Å². The summed E-state index contributed by atoms with van der Waals surface area (Å²) in [6.07, 6.45) is 1.29. The van der Waals surface area contributed by atoms with Crippen LogP contribution >= 0.6 is 0 Å². The number of hydrogen-bond acceptors (Lipinski definition) is 1. The van der Waals surface area contributed by atoms with E-state index in [1.165, 1.54) is 5.57 Å². The molecule has 0 aromatic carbocycles. The van der Waals surface area contributed by atoms with Gasteiger partial charge in [-0.2, -0.15) is 0 Å². The Labute approximate surface area is 49.7 Å². The summed E-state index contributed by atoms with van der Waals surface area (Å²) in [6.45, 7) is 6.43. The highest BCUT2D eigenvalue weighted by molar-refractivity contribution is 5.07. The molecule has 1 atom stereocenters. The SMILES string of the molecule is C=C=C1CCOC1C. The number of rotatable bonds is 0. The summed E-state index contributed by atoms with van der Waals surface area (Å²) in [5, 5.41) is 0. The molecule has 0 aliphatic carbocycles. The van der Waals surface area contributed by atoms with Crippen LogP contribution in [0, 0.1) is 0 Å². The van der Waals surface area contributed by atoms with Gasteiger partial charge in [0.2, 0.25) is 0 Å². The van der Waals surface area contributed by atoms with Gasteiger partial charge in [0.05, 0.1) is 12.7 Å². The molecule has 0 N–H and O–H groups in total. The van der Waals surface area contributed by atoms with Crippen LogP contribution < -0.4 is 0 Å². The molecule has 0 radical (unpaired) electrons. The van der Waals surface area contributed by atoms with Gasteiger partial charge in [0.1, 0.15) is 0 Å². The summed E-state index contributed by atoms with van der Waals surface area (Å²) < 4.78 is 5.22. The maximum absolute atomic E-state index is 5.22. The van der Waals surface area contributed by atoms with Gasteiger partial charge in [-0.1, -0.05) is 6.58 Å². The zero-order valence-electron chi connectivity index (χ0n) is 5.11. The van der Waals surface area contributed by atoms with E-state index >= 15 is 0 Å². The Morgan fingerprint density at radius 3 is 2.88 bits per heavy atom. The van der Waals surface area contributed by atoms with E-state index in [2.05, 4.69) is 12.3 Å². The molecule has 0 aromatic heterocycles. The first kappa shape index (κ1) is 5.61. The first-order chi connectivity index (χ1) is 3.84. The van der Waals surface area contributed by atoms with E-state index < -0.39 is 0 Å². The maximum atomic E-state index is 5.22. The molecule has 1 heteroatoms. The van der Waals surface area contributed by atoms with E-state index in [1.807, 2.05) is 6.92 Å². The summed E-state index contributed by atoms with van der Waals surface area (Å²) in [7, 11) is 0. The molecule has 0 spiro atoms. The standard InChI is InChI=1S/C7H10O/c1-3-7-4-5-8-6(7)2/h6H,1,4-5H2,2H3. The Kier molecular flexibility index (Phi) is 1.52. The molecule has 1 unspecified atom stereocenters. The summed E-state index contributed by atoms with van der Waals surface area (Å²) in [6, 6.07) is 0. The highest BCUT2D eigenvalue weighted by atomic mass is 16.5. The summed E-state index contributed by atoms with van der Waals surface area (Å²) in [5.41, 5.74) is 4.07. The molecule has 1 aliphatic heterocycles. The van der Waals surface area contributed by atoms with E-state index in [9.17, 15) is 0 Å². The van der Waals surface area contributed by atoms with Crippen LogP contribution in [-0.4, -0.2) is 12.7 Å². The lowest BCUT2D eigenvalue weighted by molar-refractivity contribution is 0.138. The van der Waals surface area contributed by atoms with Gasteiger partial charge in [-0.3, -0.25) is 0 Å². The van der Waals surface area contributed by atoms with Crippen molar-refractivity contribution >= 4 is 0 Å². The molecule has 8 heavy (non-hydrogen) atoms. The van der Waals surface area contributed by atoms with Gasteiger partial charge in [0.15, 0.2) is 0 Å². The van der Waals surface area contributed by atoms with Crippen molar-refractivity contribution in [3.05, 3.63) is 17.9 Å². The van der Waals surface area contributed by atoms with Crippen molar-refractivity contribution in [3.8, 4) is 0 Å². The Bertz CT molecular complexity index is 131. The normalized spacial score (nSPS) is 28.1. The van der Waals surface area contributed by atoms with Crippen molar-refractivity contribution in [2.24, 2.45) is 0 Å². The molecule has 0 aromatic rings. The Morgan fingerprint density at radius 1 is 1.88 bits per heavy atom. The zero-order chi connectivity index (χ0) is 5.98. The van der Waals surface area contributed by atoms with Gasteiger partial charge in [-0.25, -0.2) is 0 Å². The third-order valence-corrected chi connectivity index (χ3v) is 1.46. The van der Waals surface area contributed by atoms with E-state index in [-0.39, 0.29) is 6.10 Å². The lowest BCUT2D eigenvalue weighted by Gasteiger charge is -1.97. The van der Waals surface area contributed by atoms with Gasteiger partial charge in [-0.05, 0) is 6.92 Å². The maximum Gasteiger partial charge on any atom is 0.0831 e. The summed E-state index contributed by atoms with van der Waals surface area (Å²) in [5.74, 6) is 0. The predicted octanol–water partition coefficient (Wildman–Crippen LogP) is 1.51. The van der Waals surface area contributed by atoms with Crippen LogP contribution in [0.3, 0.4) is 0 Å². The van der Waals surface area contributed by atoms with Gasteiger partial charge < -0.3 is 4.74 Å². The minimum atomic E-state index is 0.271. The Hall–Kier alpha value is -0.520. The fourth-order valence-electron chi connectivity index (χ4n) is 0.882. The van der Waals surface area contributed by atoms with E-state index in [1.54, 1.807) is 0 Å². The predicted molar refractivity (Wildman–Crippen MR) is 32.7 cm³/mol. The molecule has 0 bridgehead atoms. The highest BCUT2D eigenvalue weighted by Gasteiger charge is 2.14. The third kappa shape index (κ3) is 0.835. The highest BCUT2D eigenvalue weighted by Crippen LogP contribution is 2.16. The second-order valence-corrected chi connectivity index (χ2v) is 1.97. The largest absolute Gasteiger partial charge is 0.373 e. The lowest BCUT2D eigenvalue weighted by atomic mass is 10.2. The van der Waals surface area contributed by atoms with Crippen molar-refractivity contribution in [2.75, 3.05) is 6.61 Å². The smallest absolute Gasteiger partial charge is 0.0831 e. The van der Waals surface area contributed by atoms with Crippen molar-refractivity contribution in [1.29, 1.82) is 0 Å². The quantitative estimate of drug-likeness (QED) is 0.429. The van der Waals surface area contributed by atoms with Crippen LogP contribution in [-0.2, 0) is 4.74 Å². The van der Waals surface area contributed by atoms with Crippen molar-refractivity contribution in [2.45, 2.75) is 19.4 Å². The lowest BCUT2D eigenvalue weighted by Crippen LogP contribution is -1.97. The molecule has 0 amide bonds. The minimum Gasteiger partial charge on any atom is -0.373 e. The molecule has 1 aliphatic rings. The average Bonchev–Trinajstić information content (AvgIpc) is 2.14. The van der Waals surface area contributed by atoms with Crippen LogP contribution in [0.1, 0.15) is 13.3 Å². The van der Waals surface area contributed by atoms with Crippen LogP contribution in [0.25, 0.3) is 0 Å². The third-order valence-electron chi connectivity index (χ3n) is 1.46. The molecular weight excluding hydrogens is 100 g/mol. The first-order valence-corrected chi connectivity index (χ1v) is 2.85. The molecular formula is C7H10O. The van der Waals surface area contributed by atoms with E-state index in [0.29, 0.717) is 0 Å². The Balaban J connectivity index is 2.68. The topological polar surface area (TPSA) is 9.23 Å². The van der Waals surface area contributed by atoms with Crippen LogP contribution in [0.2, 0.25) is 0 Å². The van der Waals surface area contributed by atoms with Crippen molar-refractivity contribution in [3.63, 3.8) is 0 Å². The van der Waals surface area contributed by atoms with Crippen molar-refractivity contribution in [1.82, 2.24) is 0 Å². The molecule has 1 fully saturated rings. The number of ether oxygens (including phenoxy) is 1. The van der Waals surface area contributed by atoms with Crippen LogP contribution in [0.5, 0.6) is 0 Å². The molecule has 1 heterocycles. The monoisotopic (exact) mass is 110 g/mol. The van der Waals surface area contributed by atoms with Crippen LogP contribution in [0.4, 0.5) is 0 Å². The molecule has 1 nitrogen and oxygen atoms in total. The molecule has 1 saturated heterocycles. The second-order valence-electron chi connectivity index (χ2n) is 1.97. The molecule has 44 valence electrons. The van der Waals surface area contributed by atoms with E-state index in [0.717, 1.165) is 13.0 Å². The van der Waals surface area contributed by atoms with Crippen molar-refractivity contribution < 1.29 is 4.74 Å². The fraction of sp³-hybridized carbons (Fsp3) is 0.571. The second kappa shape index (κ2) is 2.17. The minimum absolute atomic E-state index is 0.271. The van der Waals surface area contributed by atoms with Gasteiger partial charge in [0, 0.05) is 12.0 Å². The summed E-state index contributed by atoms with van der Waals surface area (Å²) in [4.78, 5) is 0. The van der Waals surface area contributed by atoms with E-state index in [4.69, 9.17) is 4.74 Å². The van der Waals surface area contributed by atoms with Gasteiger partial charge in [0.25, 0.3) is 0 Å². The number of hydrogen-bond donors (Lipinski definition) is 0. The molecule has 1 rings (SSSR count). The molecule has 0 saturated carbocycles. The fourth-order valence-corrected chi connectivity index (χ4v) is 0.882. The average molecular weight is 110 g/mol.